The summed E-state index contributed by atoms with van der Waals surface area (Å²) in [5.41, 5.74) is 1.61. The van der Waals surface area contributed by atoms with Crippen molar-refractivity contribution < 1.29 is 19.4 Å². The zero-order chi connectivity index (χ0) is 20.5. The van der Waals surface area contributed by atoms with Crippen molar-refractivity contribution in [3.05, 3.63) is 58.6 Å². The maximum absolute atomic E-state index is 12.8. The summed E-state index contributed by atoms with van der Waals surface area (Å²) in [6, 6.07) is 14.3. The lowest BCUT2D eigenvalue weighted by Crippen LogP contribution is -2.73. The number of aliphatic hydroxyl groups is 1. The van der Waals surface area contributed by atoms with E-state index >= 15 is 0 Å². The van der Waals surface area contributed by atoms with Crippen LogP contribution in [-0.4, -0.2) is 65.7 Å². The highest BCUT2D eigenvalue weighted by atomic mass is 79.9. The molecule has 2 N–H and O–H groups in total. The molecule has 4 rings (SSSR count). The van der Waals surface area contributed by atoms with Crippen LogP contribution in [0.3, 0.4) is 0 Å². The second kappa shape index (κ2) is 8.04. The SMILES string of the molecule is COc1ccccc1NC(=O)N1CC(=O)N2[C@H](CO)[C@@H](c3ccc(Br)cc3)[C@H]2C1. The van der Waals surface area contributed by atoms with Gasteiger partial charge in [0.05, 0.1) is 31.5 Å². The molecule has 3 atom stereocenters. The van der Waals surface area contributed by atoms with E-state index in [0.717, 1.165) is 10.0 Å². The first-order valence-corrected chi connectivity index (χ1v) is 10.2. The average molecular weight is 460 g/mol. The van der Waals surface area contributed by atoms with Gasteiger partial charge in [-0.3, -0.25) is 4.79 Å². The van der Waals surface area contributed by atoms with Crippen molar-refractivity contribution in [3.63, 3.8) is 0 Å². The van der Waals surface area contributed by atoms with E-state index in [2.05, 4.69) is 21.2 Å². The van der Waals surface area contributed by atoms with E-state index in [1.54, 1.807) is 24.1 Å². The Morgan fingerprint density at radius 2 is 1.97 bits per heavy atom. The Kier molecular flexibility index (Phi) is 5.47. The number of para-hydroxylation sites is 2. The number of hydrogen-bond acceptors (Lipinski definition) is 4. The monoisotopic (exact) mass is 459 g/mol. The number of amides is 3. The number of fused-ring (bicyclic) bond motifs is 1. The molecule has 2 fully saturated rings. The van der Waals surface area contributed by atoms with Gasteiger partial charge < -0.3 is 25.0 Å². The molecule has 0 bridgehead atoms. The average Bonchev–Trinajstić information content (AvgIpc) is 2.71. The molecule has 0 saturated carbocycles. The minimum atomic E-state index is -0.343. The Labute approximate surface area is 177 Å². The fourth-order valence-corrected chi connectivity index (χ4v) is 4.55. The minimum absolute atomic E-state index is 0.0129. The topological polar surface area (TPSA) is 82.1 Å². The number of halogens is 1. The van der Waals surface area contributed by atoms with Crippen molar-refractivity contribution in [2.75, 3.05) is 32.1 Å². The van der Waals surface area contributed by atoms with Crippen molar-refractivity contribution in [1.29, 1.82) is 0 Å². The molecule has 0 aliphatic carbocycles. The first kappa shape index (κ1) is 19.7. The predicted molar refractivity (Wildman–Crippen MR) is 112 cm³/mol. The number of benzene rings is 2. The lowest BCUT2D eigenvalue weighted by Gasteiger charge is -2.58. The molecule has 152 valence electrons. The van der Waals surface area contributed by atoms with Crippen molar-refractivity contribution in [2.45, 2.75) is 18.0 Å². The number of urea groups is 1. The maximum Gasteiger partial charge on any atom is 0.322 e. The smallest absolute Gasteiger partial charge is 0.322 e. The zero-order valence-corrected chi connectivity index (χ0v) is 17.5. The van der Waals surface area contributed by atoms with Crippen LogP contribution in [0.15, 0.2) is 53.0 Å². The van der Waals surface area contributed by atoms with Crippen molar-refractivity contribution in [3.8, 4) is 5.75 Å². The fourth-order valence-electron chi connectivity index (χ4n) is 4.28. The summed E-state index contributed by atoms with van der Waals surface area (Å²) in [6.45, 7) is 0.293. The molecule has 2 heterocycles. The Morgan fingerprint density at radius 3 is 2.66 bits per heavy atom. The molecule has 0 radical (unpaired) electrons. The highest BCUT2D eigenvalue weighted by Crippen LogP contribution is 2.43. The summed E-state index contributed by atoms with van der Waals surface area (Å²) in [5.74, 6) is 0.394. The fraction of sp³-hybridized carbons (Fsp3) is 0.333. The molecule has 29 heavy (non-hydrogen) atoms. The van der Waals surface area contributed by atoms with Crippen LogP contribution >= 0.6 is 15.9 Å². The van der Waals surface area contributed by atoms with E-state index in [-0.39, 0.29) is 43.1 Å². The lowest BCUT2D eigenvalue weighted by atomic mass is 9.74. The number of carbonyl (C=O) groups excluding carboxylic acids is 2. The van der Waals surface area contributed by atoms with Crippen LogP contribution in [0, 0.1) is 0 Å². The molecule has 2 aromatic carbocycles. The van der Waals surface area contributed by atoms with Crippen LogP contribution in [0.2, 0.25) is 0 Å². The molecular formula is C21H22BrN3O4. The van der Waals surface area contributed by atoms with Crippen LogP contribution in [0.4, 0.5) is 10.5 Å². The molecule has 0 unspecified atom stereocenters. The Balaban J connectivity index is 1.53. The van der Waals surface area contributed by atoms with E-state index in [0.29, 0.717) is 18.0 Å². The third-order valence-corrected chi connectivity index (χ3v) is 6.17. The minimum Gasteiger partial charge on any atom is -0.495 e. The van der Waals surface area contributed by atoms with Gasteiger partial charge in [0.25, 0.3) is 0 Å². The van der Waals surface area contributed by atoms with E-state index in [1.165, 1.54) is 4.90 Å². The molecule has 8 heteroatoms. The van der Waals surface area contributed by atoms with Crippen molar-refractivity contribution in [1.82, 2.24) is 9.80 Å². The highest BCUT2D eigenvalue weighted by molar-refractivity contribution is 9.10. The van der Waals surface area contributed by atoms with Gasteiger partial charge in [-0.15, -0.1) is 0 Å². The number of aliphatic hydroxyl groups excluding tert-OH is 1. The van der Waals surface area contributed by atoms with Crippen LogP contribution in [-0.2, 0) is 4.79 Å². The van der Waals surface area contributed by atoms with Gasteiger partial charge in [0, 0.05) is 16.9 Å². The lowest BCUT2D eigenvalue weighted by molar-refractivity contribution is -0.159. The number of anilines is 1. The van der Waals surface area contributed by atoms with Crippen molar-refractivity contribution in [2.24, 2.45) is 0 Å². The summed E-state index contributed by atoms with van der Waals surface area (Å²) in [5, 5.41) is 12.7. The van der Waals surface area contributed by atoms with E-state index < -0.39 is 0 Å². The van der Waals surface area contributed by atoms with Gasteiger partial charge >= 0.3 is 6.03 Å². The number of nitrogens with one attached hydrogen (secondary N) is 1. The quantitative estimate of drug-likeness (QED) is 0.736. The molecule has 0 aromatic heterocycles. The molecular weight excluding hydrogens is 438 g/mol. The normalized spacial score (nSPS) is 23.3. The Bertz CT molecular complexity index is 920. The van der Waals surface area contributed by atoms with Crippen LogP contribution < -0.4 is 10.1 Å². The standard InChI is InChI=1S/C21H22BrN3O4/c1-29-18-5-3-2-4-15(18)23-21(28)24-10-16-20(13-6-8-14(22)9-7-13)17(12-26)25(16)19(27)11-24/h2-9,16-17,20,26H,10-12H2,1H3,(H,23,28)/t16-,17-,20+/m1/s1. The molecule has 7 nitrogen and oxygen atoms in total. The highest BCUT2D eigenvalue weighted by Gasteiger charge is 2.54. The first-order valence-electron chi connectivity index (χ1n) is 9.40. The number of nitrogens with zero attached hydrogens (tertiary/aromatic N) is 2. The summed E-state index contributed by atoms with van der Waals surface area (Å²) in [7, 11) is 1.54. The van der Waals surface area contributed by atoms with Crippen molar-refractivity contribution >= 4 is 33.6 Å². The largest absolute Gasteiger partial charge is 0.495 e. The van der Waals surface area contributed by atoms with Gasteiger partial charge in [-0.1, -0.05) is 40.2 Å². The van der Waals surface area contributed by atoms with Gasteiger partial charge in [0.15, 0.2) is 0 Å². The third kappa shape index (κ3) is 3.58. The second-order valence-corrected chi connectivity index (χ2v) is 8.12. The zero-order valence-electron chi connectivity index (χ0n) is 15.9. The summed E-state index contributed by atoms with van der Waals surface area (Å²) < 4.78 is 6.25. The van der Waals surface area contributed by atoms with Gasteiger partial charge in [-0.25, -0.2) is 4.79 Å². The van der Waals surface area contributed by atoms with E-state index in [1.807, 2.05) is 36.4 Å². The van der Waals surface area contributed by atoms with Gasteiger partial charge in [0.1, 0.15) is 12.3 Å². The predicted octanol–water partition coefficient (Wildman–Crippen LogP) is 2.66. The maximum atomic E-state index is 12.8. The second-order valence-electron chi connectivity index (χ2n) is 7.21. The molecule has 2 aliphatic rings. The number of piperazine rings is 1. The molecule has 2 aliphatic heterocycles. The van der Waals surface area contributed by atoms with Crippen LogP contribution in [0.25, 0.3) is 0 Å². The Hall–Kier alpha value is -2.58. The van der Waals surface area contributed by atoms with E-state index in [9.17, 15) is 14.7 Å². The molecule has 2 saturated heterocycles. The first-order chi connectivity index (χ1) is 14.0. The van der Waals surface area contributed by atoms with Gasteiger partial charge in [-0.2, -0.15) is 0 Å². The van der Waals surface area contributed by atoms with E-state index in [4.69, 9.17) is 4.74 Å². The van der Waals surface area contributed by atoms with Gasteiger partial charge in [-0.05, 0) is 29.8 Å². The molecule has 0 spiro atoms. The number of hydrogen-bond donors (Lipinski definition) is 2. The van der Waals surface area contributed by atoms with Gasteiger partial charge in [0.2, 0.25) is 5.91 Å². The third-order valence-electron chi connectivity index (χ3n) is 5.64. The summed E-state index contributed by atoms with van der Waals surface area (Å²) in [4.78, 5) is 28.8. The summed E-state index contributed by atoms with van der Waals surface area (Å²) >= 11 is 3.43. The number of carbonyl (C=O) groups is 2. The number of ether oxygens (including phenoxy) is 1. The summed E-state index contributed by atoms with van der Waals surface area (Å²) in [6.07, 6.45) is 0. The number of methoxy groups -OCH3 is 1. The number of rotatable bonds is 4. The van der Waals surface area contributed by atoms with Crippen LogP contribution in [0.5, 0.6) is 5.75 Å². The Morgan fingerprint density at radius 1 is 1.24 bits per heavy atom. The molecule has 3 amide bonds. The van der Waals surface area contributed by atoms with Crippen LogP contribution in [0.1, 0.15) is 11.5 Å². The molecule has 2 aromatic rings.